The lowest BCUT2D eigenvalue weighted by molar-refractivity contribution is -0.383. The van der Waals surface area contributed by atoms with Crippen LogP contribution >= 0.6 is 11.6 Å². The zero-order chi connectivity index (χ0) is 16.3. The Kier molecular flexibility index (Phi) is 5.33. The summed E-state index contributed by atoms with van der Waals surface area (Å²) in [7, 11) is 0. The van der Waals surface area contributed by atoms with E-state index in [2.05, 4.69) is 5.32 Å². The van der Waals surface area contributed by atoms with Crippen LogP contribution in [0.3, 0.4) is 0 Å². The quantitative estimate of drug-likeness (QED) is 0.636. The van der Waals surface area contributed by atoms with Crippen molar-refractivity contribution in [2.75, 3.05) is 25.0 Å². The van der Waals surface area contributed by atoms with Crippen molar-refractivity contribution >= 4 is 28.9 Å². The van der Waals surface area contributed by atoms with Crippen LogP contribution in [-0.2, 0) is 4.79 Å². The number of hydrogen-bond donors (Lipinski definition) is 2. The number of benzene rings is 1. The second kappa shape index (κ2) is 7.04. The fourth-order valence-electron chi connectivity index (χ4n) is 2.55. The van der Waals surface area contributed by atoms with Crippen molar-refractivity contribution in [1.82, 2.24) is 4.90 Å². The average Bonchev–Trinajstić information content (AvgIpc) is 2.89. The number of hydrogen-bond acceptors (Lipinski definition) is 5. The largest absolute Gasteiger partial charge is 0.393 e. The predicted molar refractivity (Wildman–Crippen MR) is 83.0 cm³/mol. The Morgan fingerprint density at radius 3 is 2.95 bits per heavy atom. The van der Waals surface area contributed by atoms with E-state index in [1.807, 2.05) is 4.90 Å². The molecule has 0 aromatic heterocycles. The SMILES string of the molecule is CC(O)C1CCN(CC(=O)Nc2ccc(Cl)cc2[N+](=O)[O-])C1. The number of likely N-dealkylation sites (tertiary alicyclic amines) is 1. The molecule has 1 aliphatic rings. The van der Waals surface area contributed by atoms with Gasteiger partial charge in [0.2, 0.25) is 5.91 Å². The lowest BCUT2D eigenvalue weighted by Crippen LogP contribution is -2.32. The van der Waals surface area contributed by atoms with Crippen molar-refractivity contribution in [3.05, 3.63) is 33.3 Å². The molecule has 22 heavy (non-hydrogen) atoms. The van der Waals surface area contributed by atoms with Crippen LogP contribution in [0.2, 0.25) is 5.02 Å². The van der Waals surface area contributed by atoms with Crippen LogP contribution in [0.4, 0.5) is 11.4 Å². The Balaban J connectivity index is 1.97. The standard InChI is InChI=1S/C14H18ClN3O4/c1-9(19)10-4-5-17(7-10)8-14(20)16-12-3-2-11(15)6-13(12)18(21)22/h2-3,6,9-10,19H,4-5,7-8H2,1H3,(H,16,20). The van der Waals surface area contributed by atoms with Crippen LogP contribution in [0, 0.1) is 16.0 Å². The molecule has 2 N–H and O–H groups in total. The van der Waals surface area contributed by atoms with Gasteiger partial charge in [0.1, 0.15) is 5.69 Å². The van der Waals surface area contributed by atoms with Crippen molar-refractivity contribution in [2.45, 2.75) is 19.4 Å². The van der Waals surface area contributed by atoms with Gasteiger partial charge in [0.15, 0.2) is 0 Å². The lowest BCUT2D eigenvalue weighted by Gasteiger charge is -2.17. The molecule has 1 aromatic rings. The van der Waals surface area contributed by atoms with E-state index in [9.17, 15) is 20.0 Å². The molecule has 0 spiro atoms. The maximum atomic E-state index is 12.0. The Morgan fingerprint density at radius 2 is 2.36 bits per heavy atom. The Morgan fingerprint density at radius 1 is 1.64 bits per heavy atom. The summed E-state index contributed by atoms with van der Waals surface area (Å²) in [5.41, 5.74) is -0.102. The van der Waals surface area contributed by atoms with Gasteiger partial charge in [0, 0.05) is 17.6 Å². The molecule has 1 amide bonds. The van der Waals surface area contributed by atoms with Gasteiger partial charge in [-0.1, -0.05) is 11.6 Å². The molecule has 0 saturated carbocycles. The normalized spacial score (nSPS) is 19.9. The van der Waals surface area contributed by atoms with Gasteiger partial charge in [-0.05, 0) is 37.9 Å². The topological polar surface area (TPSA) is 95.7 Å². The summed E-state index contributed by atoms with van der Waals surface area (Å²) in [5, 5.41) is 23.3. The molecule has 120 valence electrons. The predicted octanol–water partition coefficient (Wildman–Crippen LogP) is 1.89. The van der Waals surface area contributed by atoms with E-state index in [1.54, 1.807) is 6.92 Å². The zero-order valence-electron chi connectivity index (χ0n) is 12.2. The summed E-state index contributed by atoms with van der Waals surface area (Å²) in [6.45, 7) is 3.26. The number of carbonyl (C=O) groups excluding carboxylic acids is 1. The highest BCUT2D eigenvalue weighted by molar-refractivity contribution is 6.31. The van der Waals surface area contributed by atoms with E-state index >= 15 is 0 Å². The fraction of sp³-hybridized carbons (Fsp3) is 0.500. The minimum absolute atomic E-state index is 0.130. The van der Waals surface area contributed by atoms with Crippen molar-refractivity contribution in [2.24, 2.45) is 5.92 Å². The van der Waals surface area contributed by atoms with Gasteiger partial charge in [-0.25, -0.2) is 0 Å². The number of nitrogens with zero attached hydrogens (tertiary/aromatic N) is 2. The van der Waals surface area contributed by atoms with E-state index < -0.39 is 11.0 Å². The molecule has 1 fully saturated rings. The number of halogens is 1. The van der Waals surface area contributed by atoms with Crippen LogP contribution < -0.4 is 5.32 Å². The summed E-state index contributed by atoms with van der Waals surface area (Å²) in [6.07, 6.45) is 0.442. The number of nitro groups is 1. The molecular weight excluding hydrogens is 310 g/mol. The first-order valence-electron chi connectivity index (χ1n) is 7.01. The van der Waals surface area contributed by atoms with Crippen molar-refractivity contribution in [1.29, 1.82) is 0 Å². The first-order chi connectivity index (χ1) is 10.4. The number of aliphatic hydroxyl groups is 1. The second-order valence-electron chi connectivity index (χ2n) is 5.49. The zero-order valence-corrected chi connectivity index (χ0v) is 12.9. The number of carbonyl (C=O) groups is 1. The van der Waals surface area contributed by atoms with Crippen LogP contribution in [0.1, 0.15) is 13.3 Å². The van der Waals surface area contributed by atoms with Gasteiger partial charge in [-0.15, -0.1) is 0 Å². The molecule has 1 aliphatic heterocycles. The maximum absolute atomic E-state index is 12.0. The molecule has 2 atom stereocenters. The van der Waals surface area contributed by atoms with Gasteiger partial charge >= 0.3 is 0 Å². The highest BCUT2D eigenvalue weighted by atomic mass is 35.5. The third kappa shape index (κ3) is 4.16. The summed E-state index contributed by atoms with van der Waals surface area (Å²) >= 11 is 5.73. The summed E-state index contributed by atoms with van der Waals surface area (Å²) in [4.78, 5) is 24.4. The summed E-state index contributed by atoms with van der Waals surface area (Å²) < 4.78 is 0. The monoisotopic (exact) mass is 327 g/mol. The average molecular weight is 328 g/mol. The van der Waals surface area contributed by atoms with Gasteiger partial charge in [0.25, 0.3) is 5.69 Å². The first-order valence-corrected chi connectivity index (χ1v) is 7.39. The van der Waals surface area contributed by atoms with Gasteiger partial charge in [0.05, 0.1) is 17.6 Å². The number of nitro benzene ring substituents is 1. The van der Waals surface area contributed by atoms with Crippen molar-refractivity contribution in [3.8, 4) is 0 Å². The van der Waals surface area contributed by atoms with Gasteiger partial charge < -0.3 is 10.4 Å². The molecule has 2 unspecified atom stereocenters. The van der Waals surface area contributed by atoms with Crippen LogP contribution in [0.25, 0.3) is 0 Å². The Hall–Kier alpha value is -1.70. The molecule has 0 aliphatic carbocycles. The highest BCUT2D eigenvalue weighted by Crippen LogP contribution is 2.28. The Labute approximate surface area is 133 Å². The minimum atomic E-state index is -0.583. The molecule has 2 rings (SSSR count). The minimum Gasteiger partial charge on any atom is -0.393 e. The third-order valence-corrected chi connectivity index (χ3v) is 4.02. The van der Waals surface area contributed by atoms with Gasteiger partial charge in [-0.2, -0.15) is 0 Å². The van der Waals surface area contributed by atoms with Crippen LogP contribution in [-0.4, -0.2) is 46.6 Å². The fourth-order valence-corrected chi connectivity index (χ4v) is 2.72. The van der Waals surface area contributed by atoms with Crippen LogP contribution in [0.5, 0.6) is 0 Å². The highest BCUT2D eigenvalue weighted by Gasteiger charge is 2.27. The van der Waals surface area contributed by atoms with Gasteiger partial charge in [-0.3, -0.25) is 19.8 Å². The van der Waals surface area contributed by atoms with E-state index in [0.29, 0.717) is 6.54 Å². The number of amides is 1. The molecule has 1 aromatic carbocycles. The van der Waals surface area contributed by atoms with Crippen molar-refractivity contribution < 1.29 is 14.8 Å². The molecule has 1 heterocycles. The molecular formula is C14H18ClN3O4. The smallest absolute Gasteiger partial charge is 0.294 e. The van der Waals surface area contributed by atoms with E-state index in [1.165, 1.54) is 18.2 Å². The van der Waals surface area contributed by atoms with Crippen LogP contribution in [0.15, 0.2) is 18.2 Å². The number of rotatable bonds is 5. The Bertz CT molecular complexity index is 579. The maximum Gasteiger partial charge on any atom is 0.294 e. The van der Waals surface area contributed by atoms with Crippen molar-refractivity contribution in [3.63, 3.8) is 0 Å². The molecule has 8 heteroatoms. The number of anilines is 1. The molecule has 7 nitrogen and oxygen atoms in total. The number of nitrogens with one attached hydrogen (secondary N) is 1. The number of aliphatic hydroxyl groups excluding tert-OH is 1. The van der Waals surface area contributed by atoms with E-state index in [0.717, 1.165) is 13.0 Å². The third-order valence-electron chi connectivity index (χ3n) is 3.79. The molecule has 1 saturated heterocycles. The van der Waals surface area contributed by atoms with E-state index in [-0.39, 0.29) is 34.8 Å². The lowest BCUT2D eigenvalue weighted by atomic mass is 10.0. The molecule has 0 bridgehead atoms. The molecule has 0 radical (unpaired) electrons. The second-order valence-corrected chi connectivity index (χ2v) is 5.93. The van der Waals surface area contributed by atoms with E-state index in [4.69, 9.17) is 11.6 Å². The summed E-state index contributed by atoms with van der Waals surface area (Å²) in [5.74, 6) is -0.158. The first kappa shape index (κ1) is 16.7. The summed E-state index contributed by atoms with van der Waals surface area (Å²) in [6, 6.07) is 4.11.